The number of ether oxygens (including phenoxy) is 2. The number of benzene rings is 2. The van der Waals surface area contributed by atoms with Crippen LogP contribution in [0.15, 0.2) is 48.5 Å². The SMILES string of the molecule is CCOC(=O)c1c(C)nc2n(CCOc3ccc(C)cc3)c3ccccc3n12. The molecular weight excluding hydrogens is 354 g/mol. The van der Waals surface area contributed by atoms with Crippen LogP contribution in [0.4, 0.5) is 0 Å². The van der Waals surface area contributed by atoms with Gasteiger partial charge in [-0.25, -0.2) is 9.78 Å². The molecule has 0 bridgehead atoms. The van der Waals surface area contributed by atoms with E-state index < -0.39 is 0 Å². The summed E-state index contributed by atoms with van der Waals surface area (Å²) in [7, 11) is 0. The molecule has 0 aliphatic carbocycles. The Labute approximate surface area is 163 Å². The van der Waals surface area contributed by atoms with E-state index in [1.807, 2.05) is 66.8 Å². The zero-order valence-electron chi connectivity index (χ0n) is 16.3. The predicted octanol–water partition coefficient (Wildman–Crippen LogP) is 4.16. The number of imidazole rings is 2. The number of carbonyl (C=O) groups is 1. The van der Waals surface area contributed by atoms with Crippen LogP contribution in [0.5, 0.6) is 5.75 Å². The van der Waals surface area contributed by atoms with Crippen LogP contribution >= 0.6 is 0 Å². The normalized spacial score (nSPS) is 11.2. The Bertz CT molecular complexity index is 1140. The van der Waals surface area contributed by atoms with Gasteiger partial charge in [0.05, 0.1) is 29.9 Å². The van der Waals surface area contributed by atoms with E-state index in [4.69, 9.17) is 9.47 Å². The molecule has 0 amide bonds. The highest BCUT2D eigenvalue weighted by Crippen LogP contribution is 2.25. The lowest BCUT2D eigenvalue weighted by atomic mass is 10.2. The van der Waals surface area contributed by atoms with Gasteiger partial charge in [0.2, 0.25) is 5.78 Å². The van der Waals surface area contributed by atoms with Crippen LogP contribution in [0.1, 0.15) is 28.7 Å². The van der Waals surface area contributed by atoms with Crippen molar-refractivity contribution in [2.75, 3.05) is 13.2 Å². The Balaban J connectivity index is 1.71. The monoisotopic (exact) mass is 377 g/mol. The van der Waals surface area contributed by atoms with Crippen LogP contribution in [-0.4, -0.2) is 33.1 Å². The molecule has 2 heterocycles. The molecular formula is C22H23N3O3. The highest BCUT2D eigenvalue weighted by atomic mass is 16.5. The Kier molecular flexibility index (Phi) is 4.77. The van der Waals surface area contributed by atoms with E-state index in [9.17, 15) is 4.79 Å². The molecule has 2 aromatic heterocycles. The van der Waals surface area contributed by atoms with E-state index in [-0.39, 0.29) is 5.97 Å². The van der Waals surface area contributed by atoms with Crippen molar-refractivity contribution in [2.24, 2.45) is 0 Å². The highest BCUT2D eigenvalue weighted by molar-refractivity contribution is 5.93. The summed E-state index contributed by atoms with van der Waals surface area (Å²) in [4.78, 5) is 17.2. The van der Waals surface area contributed by atoms with Gasteiger partial charge in [0, 0.05) is 0 Å². The Morgan fingerprint density at radius 1 is 1.04 bits per heavy atom. The topological polar surface area (TPSA) is 57.8 Å². The van der Waals surface area contributed by atoms with Crippen molar-refractivity contribution in [3.8, 4) is 5.75 Å². The lowest BCUT2D eigenvalue weighted by Gasteiger charge is -2.08. The van der Waals surface area contributed by atoms with Gasteiger partial charge in [-0.15, -0.1) is 0 Å². The maximum atomic E-state index is 12.5. The molecule has 0 atom stereocenters. The minimum Gasteiger partial charge on any atom is -0.492 e. The Morgan fingerprint density at radius 3 is 2.46 bits per heavy atom. The summed E-state index contributed by atoms with van der Waals surface area (Å²) in [5.41, 5.74) is 4.27. The molecule has 28 heavy (non-hydrogen) atoms. The second-order valence-corrected chi connectivity index (χ2v) is 6.70. The lowest BCUT2D eigenvalue weighted by Crippen LogP contribution is -2.09. The van der Waals surface area contributed by atoms with Gasteiger partial charge < -0.3 is 14.0 Å². The van der Waals surface area contributed by atoms with Crippen molar-refractivity contribution < 1.29 is 14.3 Å². The smallest absolute Gasteiger partial charge is 0.357 e. The largest absolute Gasteiger partial charge is 0.492 e. The molecule has 0 spiro atoms. The summed E-state index contributed by atoms with van der Waals surface area (Å²) < 4.78 is 15.1. The van der Waals surface area contributed by atoms with Crippen LogP contribution in [0.25, 0.3) is 16.8 Å². The van der Waals surface area contributed by atoms with Crippen LogP contribution < -0.4 is 4.74 Å². The maximum absolute atomic E-state index is 12.5. The second-order valence-electron chi connectivity index (χ2n) is 6.70. The summed E-state index contributed by atoms with van der Waals surface area (Å²) in [6, 6.07) is 16.0. The number of hydrogen-bond donors (Lipinski definition) is 0. The number of aromatic nitrogens is 3. The quantitative estimate of drug-likeness (QED) is 0.474. The van der Waals surface area contributed by atoms with Crippen molar-refractivity contribution in [3.05, 3.63) is 65.5 Å². The molecule has 0 N–H and O–H groups in total. The third-order valence-corrected chi connectivity index (χ3v) is 4.76. The third kappa shape index (κ3) is 3.11. The van der Waals surface area contributed by atoms with Crippen molar-refractivity contribution >= 4 is 22.8 Å². The average Bonchev–Trinajstić information content (AvgIpc) is 3.17. The molecule has 0 saturated carbocycles. The first-order valence-corrected chi connectivity index (χ1v) is 9.43. The number of carbonyl (C=O) groups excluding carboxylic acids is 1. The molecule has 0 saturated heterocycles. The molecule has 144 valence electrons. The van der Waals surface area contributed by atoms with Gasteiger partial charge in [0.25, 0.3) is 0 Å². The molecule has 4 aromatic rings. The van der Waals surface area contributed by atoms with Crippen molar-refractivity contribution in [3.63, 3.8) is 0 Å². The molecule has 0 aliphatic rings. The first-order valence-electron chi connectivity index (χ1n) is 9.43. The molecule has 6 heteroatoms. The lowest BCUT2D eigenvalue weighted by molar-refractivity contribution is 0.0518. The number of esters is 1. The van der Waals surface area contributed by atoms with Gasteiger partial charge in [-0.05, 0) is 45.0 Å². The van der Waals surface area contributed by atoms with Gasteiger partial charge in [-0.1, -0.05) is 29.8 Å². The number of fused-ring (bicyclic) bond motifs is 3. The van der Waals surface area contributed by atoms with Gasteiger partial charge in [0.1, 0.15) is 12.4 Å². The van der Waals surface area contributed by atoms with Crippen LogP contribution in [0.3, 0.4) is 0 Å². The van der Waals surface area contributed by atoms with Crippen molar-refractivity contribution in [2.45, 2.75) is 27.3 Å². The van der Waals surface area contributed by atoms with E-state index in [1.165, 1.54) is 5.56 Å². The van der Waals surface area contributed by atoms with E-state index in [0.717, 1.165) is 16.8 Å². The Hall–Kier alpha value is -3.28. The number of rotatable bonds is 6. The van der Waals surface area contributed by atoms with Crippen molar-refractivity contribution in [1.29, 1.82) is 0 Å². The molecule has 4 rings (SSSR count). The number of para-hydroxylation sites is 2. The summed E-state index contributed by atoms with van der Waals surface area (Å²) in [5.74, 6) is 1.20. The third-order valence-electron chi connectivity index (χ3n) is 4.76. The first-order chi connectivity index (χ1) is 13.6. The molecule has 0 unspecified atom stereocenters. The zero-order valence-corrected chi connectivity index (χ0v) is 16.3. The molecule has 0 fully saturated rings. The predicted molar refractivity (Wildman–Crippen MR) is 108 cm³/mol. The molecule has 0 aliphatic heterocycles. The Morgan fingerprint density at radius 2 is 1.75 bits per heavy atom. The minimum atomic E-state index is -0.355. The zero-order chi connectivity index (χ0) is 19.7. The van der Waals surface area contributed by atoms with E-state index >= 15 is 0 Å². The minimum absolute atomic E-state index is 0.328. The number of nitrogens with zero attached hydrogens (tertiary/aromatic N) is 3. The van der Waals surface area contributed by atoms with E-state index in [0.29, 0.717) is 36.9 Å². The average molecular weight is 377 g/mol. The van der Waals surface area contributed by atoms with E-state index in [1.54, 1.807) is 6.92 Å². The molecule has 0 radical (unpaired) electrons. The summed E-state index contributed by atoms with van der Waals surface area (Å²) >= 11 is 0. The summed E-state index contributed by atoms with van der Waals surface area (Å²) in [5, 5.41) is 0. The fourth-order valence-corrected chi connectivity index (χ4v) is 3.46. The van der Waals surface area contributed by atoms with Gasteiger partial charge >= 0.3 is 5.97 Å². The van der Waals surface area contributed by atoms with Crippen LogP contribution in [0, 0.1) is 13.8 Å². The molecule has 2 aromatic carbocycles. The van der Waals surface area contributed by atoms with Gasteiger partial charge in [0.15, 0.2) is 5.69 Å². The fraction of sp³-hybridized carbons (Fsp3) is 0.273. The first kappa shape index (κ1) is 18.1. The van der Waals surface area contributed by atoms with Crippen LogP contribution in [0.2, 0.25) is 0 Å². The van der Waals surface area contributed by atoms with E-state index in [2.05, 4.69) is 9.55 Å². The number of aryl methyl sites for hydroxylation is 2. The summed E-state index contributed by atoms with van der Waals surface area (Å²) in [6.07, 6.45) is 0. The van der Waals surface area contributed by atoms with Crippen LogP contribution in [-0.2, 0) is 11.3 Å². The summed E-state index contributed by atoms with van der Waals surface area (Å²) in [6.45, 7) is 7.13. The highest BCUT2D eigenvalue weighted by Gasteiger charge is 2.23. The molecule has 6 nitrogen and oxygen atoms in total. The maximum Gasteiger partial charge on any atom is 0.357 e. The second kappa shape index (κ2) is 7.38. The van der Waals surface area contributed by atoms with Gasteiger partial charge in [-0.2, -0.15) is 0 Å². The van der Waals surface area contributed by atoms with Gasteiger partial charge in [-0.3, -0.25) is 4.40 Å². The standard InChI is InChI=1S/C22H23N3O3/c1-4-27-21(26)20-16(3)23-22-24(18-7-5-6-8-19(18)25(20)22)13-14-28-17-11-9-15(2)10-12-17/h5-12H,4,13-14H2,1-3H3. The fourth-order valence-electron chi connectivity index (χ4n) is 3.46. The van der Waals surface area contributed by atoms with Crippen molar-refractivity contribution in [1.82, 2.24) is 14.0 Å². The number of hydrogen-bond acceptors (Lipinski definition) is 4.